The average molecular weight is 924 g/mol. The topological polar surface area (TPSA) is 176 Å². The van der Waals surface area contributed by atoms with Crippen LogP contribution in [-0.4, -0.2) is 142 Å². The van der Waals surface area contributed by atoms with Gasteiger partial charge in [0.15, 0.2) is 18.2 Å². The molecule has 0 saturated carbocycles. The molecule has 0 spiro atoms. The van der Waals surface area contributed by atoms with E-state index in [1.54, 1.807) is 49.3 Å². The number of Topliss-reactive ketones (excluding diaryl/α,β-unsaturated/α-hetero) is 1. The number of aliphatic hydroxyl groups is 1. The van der Waals surface area contributed by atoms with Crippen LogP contribution in [0.2, 0.25) is 0 Å². The molecule has 5 rings (SSSR count). The number of carbonyl (C=O) groups excluding carboxylic acids is 3. The van der Waals surface area contributed by atoms with Crippen molar-refractivity contribution in [1.82, 2.24) is 5.32 Å². The molecule has 2 N–H and O–H groups in total. The van der Waals surface area contributed by atoms with Crippen molar-refractivity contribution in [3.8, 4) is 5.75 Å². The number of fused-ring (bicyclic) bond motifs is 1. The number of methoxy groups -OCH3 is 4. The molecule has 4 aliphatic rings. The van der Waals surface area contributed by atoms with Gasteiger partial charge in [-0.2, -0.15) is 0 Å². The molecule has 4 fully saturated rings. The normalized spacial score (nSPS) is 43.8. The van der Waals surface area contributed by atoms with Gasteiger partial charge in [-0.3, -0.25) is 14.4 Å². The first-order valence-electron chi connectivity index (χ1n) is 23.0. The predicted octanol–water partition coefficient (Wildman–Crippen LogP) is 5.88. The highest BCUT2D eigenvalue weighted by Gasteiger charge is 2.62. The fraction of sp³-hybridized carbons (Fsp3) is 0.812. The molecule has 3 unspecified atom stereocenters. The Morgan fingerprint density at radius 2 is 1.48 bits per heavy atom. The van der Waals surface area contributed by atoms with Crippen molar-refractivity contribution in [3.63, 3.8) is 0 Å². The van der Waals surface area contributed by atoms with Crippen LogP contribution >= 0.6 is 11.8 Å². The molecule has 16 heteroatoms. The number of carbonyl (C=O) groups is 3. The zero-order valence-corrected chi connectivity index (χ0v) is 41.6. The molecule has 1 aromatic carbocycles. The maximum atomic E-state index is 15.0. The highest BCUT2D eigenvalue weighted by Crippen LogP contribution is 2.50. The monoisotopic (exact) mass is 924 g/mol. The van der Waals surface area contributed by atoms with Crippen LogP contribution in [0.25, 0.3) is 0 Å². The van der Waals surface area contributed by atoms with Crippen molar-refractivity contribution < 1.29 is 66.9 Å². The summed E-state index contributed by atoms with van der Waals surface area (Å²) in [6, 6.07) is 7.29. The minimum atomic E-state index is -1.36. The molecule has 19 atom stereocenters. The predicted molar refractivity (Wildman–Crippen MR) is 241 cm³/mol. The Hall–Kier alpha value is -2.38. The van der Waals surface area contributed by atoms with Crippen molar-refractivity contribution in [2.24, 2.45) is 29.6 Å². The first-order chi connectivity index (χ1) is 30.1. The molecule has 0 radical (unpaired) electrons. The van der Waals surface area contributed by atoms with E-state index in [9.17, 15) is 14.7 Å². The summed E-state index contributed by atoms with van der Waals surface area (Å²) in [6.07, 6.45) is -5.67. The number of hydrogen-bond acceptors (Lipinski definition) is 16. The fourth-order valence-electron chi connectivity index (χ4n) is 11.0. The van der Waals surface area contributed by atoms with Gasteiger partial charge in [0, 0.05) is 63.2 Å². The summed E-state index contributed by atoms with van der Waals surface area (Å²) in [7, 11) is 8.19. The summed E-state index contributed by atoms with van der Waals surface area (Å²) in [6.45, 7) is 18.7. The Morgan fingerprint density at radius 3 is 2.06 bits per heavy atom. The van der Waals surface area contributed by atoms with Crippen LogP contribution in [0.4, 0.5) is 0 Å². The molecule has 4 aliphatic heterocycles. The van der Waals surface area contributed by atoms with Gasteiger partial charge < -0.3 is 57.8 Å². The number of hydrogen-bond donors (Lipinski definition) is 2. The first-order valence-corrected chi connectivity index (χ1v) is 24.0. The molecule has 15 nitrogen and oxygen atoms in total. The lowest BCUT2D eigenvalue weighted by molar-refractivity contribution is -0.318. The van der Waals surface area contributed by atoms with Gasteiger partial charge >= 0.3 is 11.9 Å². The number of nitrogens with one attached hydrogen (secondary N) is 1. The standard InChI is InChI=1S/C48H77NO14S/c1-16-34-48(10)36(40(44(53)63-48)64-24-31-17-19-32(54-12)20-18-31)27(4)37(50)25(2)22-46(8,56-14)41(62-45-38(51)33(49-11)21-26(3)58-45)28(5)39(29(6)43(52)60-34)61-35-23-47(9,57-15)42(55-13)30(7)59-35/h17-20,25-30,33-36,38-42,45,49,51H,16,21-24H2,1-15H3/t25-,26-,27?,28+,29-,30+,33+,34-,35+,36?,38-,39+,40?,41-,42+,45+,46-,47-,48-/m1/s1. The molecule has 4 saturated heterocycles. The minimum Gasteiger partial charge on any atom is -0.497 e. The van der Waals surface area contributed by atoms with Crippen molar-refractivity contribution in [2.45, 2.75) is 184 Å². The number of ether oxygens (including phenoxy) is 10. The Balaban J connectivity index is 1.62. The average Bonchev–Trinajstić information content (AvgIpc) is 3.53. The third-order valence-corrected chi connectivity index (χ3v) is 16.1. The van der Waals surface area contributed by atoms with Crippen molar-refractivity contribution >= 4 is 29.5 Å². The molecule has 4 heterocycles. The second-order valence-electron chi connectivity index (χ2n) is 19.2. The highest BCUT2D eigenvalue weighted by molar-refractivity contribution is 7.99. The summed E-state index contributed by atoms with van der Waals surface area (Å²) in [5, 5.41) is 14.1. The quantitative estimate of drug-likeness (QED) is 0.224. The summed E-state index contributed by atoms with van der Waals surface area (Å²) < 4.78 is 63.3. The smallest absolute Gasteiger partial charge is 0.320 e. The second kappa shape index (κ2) is 21.7. The van der Waals surface area contributed by atoms with Crippen LogP contribution in [-0.2, 0) is 62.8 Å². The van der Waals surface area contributed by atoms with Crippen LogP contribution in [0.1, 0.15) is 100 Å². The molecule has 364 valence electrons. The fourth-order valence-corrected chi connectivity index (χ4v) is 12.5. The van der Waals surface area contributed by atoms with E-state index in [-0.39, 0.29) is 30.8 Å². The summed E-state index contributed by atoms with van der Waals surface area (Å²) in [5.41, 5.74) is -2.43. The van der Waals surface area contributed by atoms with Gasteiger partial charge in [-0.05, 0) is 85.5 Å². The van der Waals surface area contributed by atoms with E-state index >= 15 is 4.79 Å². The van der Waals surface area contributed by atoms with E-state index in [0.29, 0.717) is 24.3 Å². The van der Waals surface area contributed by atoms with Crippen LogP contribution in [0, 0.1) is 29.6 Å². The molecule has 1 aromatic rings. The van der Waals surface area contributed by atoms with E-state index in [0.717, 1.165) is 5.56 Å². The number of cyclic esters (lactones) is 1. The van der Waals surface area contributed by atoms with Crippen LogP contribution in [0.5, 0.6) is 5.75 Å². The lowest BCUT2D eigenvalue weighted by Gasteiger charge is -2.50. The molecule has 0 aliphatic carbocycles. The number of aliphatic hydroxyl groups excluding tert-OH is 1. The first kappa shape index (κ1) is 52.6. The molecule has 64 heavy (non-hydrogen) atoms. The van der Waals surface area contributed by atoms with Gasteiger partial charge in [0.2, 0.25) is 0 Å². The zero-order chi connectivity index (χ0) is 47.5. The largest absolute Gasteiger partial charge is 0.497 e. The van der Waals surface area contributed by atoms with Crippen LogP contribution in [0.3, 0.4) is 0 Å². The number of thioether (sulfide) groups is 1. The Kier molecular flexibility index (Phi) is 17.8. The molecular formula is C48H77NO14S. The van der Waals surface area contributed by atoms with Gasteiger partial charge in [-0.15, -0.1) is 11.8 Å². The summed E-state index contributed by atoms with van der Waals surface area (Å²) >= 11 is 1.41. The van der Waals surface area contributed by atoms with Crippen LogP contribution < -0.4 is 10.1 Å². The number of benzene rings is 1. The zero-order valence-electron chi connectivity index (χ0n) is 40.7. The molecule has 0 bridgehead atoms. The van der Waals surface area contributed by atoms with Crippen molar-refractivity contribution in [3.05, 3.63) is 29.8 Å². The van der Waals surface area contributed by atoms with Crippen LogP contribution in [0.15, 0.2) is 24.3 Å². The van der Waals surface area contributed by atoms with E-state index in [4.69, 9.17) is 47.4 Å². The number of esters is 2. The Labute approximate surface area is 385 Å². The van der Waals surface area contributed by atoms with E-state index in [1.165, 1.54) is 11.8 Å². The van der Waals surface area contributed by atoms with E-state index in [2.05, 4.69) is 5.32 Å². The van der Waals surface area contributed by atoms with Gasteiger partial charge in [0.05, 0.1) is 48.6 Å². The summed E-state index contributed by atoms with van der Waals surface area (Å²) in [5.74, 6) is -3.62. The lowest BCUT2D eigenvalue weighted by atomic mass is 9.70. The van der Waals surface area contributed by atoms with E-state index < -0.39 is 113 Å². The van der Waals surface area contributed by atoms with Gasteiger partial charge in [0.1, 0.15) is 35.1 Å². The Bertz CT molecular complexity index is 1720. The third-order valence-electron chi connectivity index (χ3n) is 14.8. The molecule has 0 aromatic heterocycles. The maximum absolute atomic E-state index is 15.0. The van der Waals surface area contributed by atoms with Gasteiger partial charge in [-0.1, -0.05) is 39.8 Å². The molecule has 0 amide bonds. The maximum Gasteiger partial charge on any atom is 0.320 e. The third kappa shape index (κ3) is 10.8. The number of rotatable bonds is 13. The SMILES string of the molecule is CC[C@H]1OC(=O)[C@H](C)[C@@H](O[C@H]2C[C@@](C)(OC)[C@@H](OC)[C@H](C)O2)[C@H](C)[C@@H](O[C@@H]2O[C@H](C)C[C@H](NC)[C@H]2O)[C@](C)(OC)C[C@@H](C)C(=O)C(C)C2C(SCc3ccc(OC)cc3)C(=O)O[C@@]21C. The second-order valence-corrected chi connectivity index (χ2v) is 20.4. The summed E-state index contributed by atoms with van der Waals surface area (Å²) in [4.78, 5) is 44.1. The highest BCUT2D eigenvalue weighted by atomic mass is 32.2. The lowest BCUT2D eigenvalue weighted by Crippen LogP contribution is -2.61. The Morgan fingerprint density at radius 1 is 0.844 bits per heavy atom. The minimum absolute atomic E-state index is 0.104. The van der Waals surface area contributed by atoms with Gasteiger partial charge in [-0.25, -0.2) is 0 Å². The number of ketones is 1. The molecular weight excluding hydrogens is 847 g/mol. The van der Waals surface area contributed by atoms with E-state index in [1.807, 2.05) is 79.7 Å². The van der Waals surface area contributed by atoms with Crippen molar-refractivity contribution in [2.75, 3.05) is 35.5 Å². The van der Waals surface area contributed by atoms with Crippen molar-refractivity contribution in [1.29, 1.82) is 0 Å². The van der Waals surface area contributed by atoms with Gasteiger partial charge in [0.25, 0.3) is 0 Å². The number of likely N-dealkylation sites (N-methyl/N-ethyl adjacent to an activating group) is 1.